The van der Waals surface area contributed by atoms with Crippen molar-refractivity contribution >= 4 is 80.4 Å². The Hall–Kier alpha value is -6.03. The summed E-state index contributed by atoms with van der Waals surface area (Å²) in [5.74, 6) is -5.27. The summed E-state index contributed by atoms with van der Waals surface area (Å²) in [7, 11) is 6.51. The monoisotopic (exact) mass is 985 g/mol. The number of carbonyl (C=O) groups excluding carboxylic acids is 8. The summed E-state index contributed by atoms with van der Waals surface area (Å²) in [5.41, 5.74) is 7.53. The van der Waals surface area contributed by atoms with Crippen molar-refractivity contribution in [2.24, 2.45) is 5.73 Å². The summed E-state index contributed by atoms with van der Waals surface area (Å²) in [6, 6.07) is 14.5. The maximum Gasteiger partial charge on any atom is 0.244 e. The highest BCUT2D eigenvalue weighted by Gasteiger charge is 2.29. The van der Waals surface area contributed by atoms with Crippen LogP contribution >= 0.6 is 33.2 Å². The standard InChI is InChI=1S/C45H60ClN9O10S2/c1-55(2)21-5-4-6-34(43(63)49-24-39(59)48-25-40(60)52-35(42(47)62)22-29-9-16-32(56)17-10-29)51-41(61)26-50-44(64)36(23-30-11-18-33(57)19-12-30)54-45(65)37(27-67-66-3)53-38(58)20-13-28-7-14-31(46)15-8-28/h7-12,14-19,34-37,56-57H,4-6,13,20-27H2,1-3H3,(H2,47,62)(H,48,59)(H,49,63)(H,50,64)(H,51,61)(H,52,60)(H,53,58)(H,54,65). The quantitative estimate of drug-likeness (QED) is 0.0339. The number of aromatic hydroxyl groups is 2. The number of rotatable bonds is 29. The van der Waals surface area contributed by atoms with Gasteiger partial charge >= 0.3 is 0 Å². The van der Waals surface area contributed by atoms with Gasteiger partial charge in [-0.3, -0.25) is 38.4 Å². The molecule has 22 heteroatoms. The van der Waals surface area contributed by atoms with Crippen LogP contribution in [0.3, 0.4) is 0 Å². The second kappa shape index (κ2) is 29.6. The smallest absolute Gasteiger partial charge is 0.244 e. The molecule has 0 aromatic heterocycles. The van der Waals surface area contributed by atoms with Gasteiger partial charge in [-0.15, -0.1) is 0 Å². The number of phenols is 2. The number of nitrogens with zero attached hydrogens (tertiary/aromatic N) is 1. The molecule has 3 aromatic carbocycles. The third-order valence-electron chi connectivity index (χ3n) is 9.91. The van der Waals surface area contributed by atoms with E-state index >= 15 is 0 Å². The Labute approximate surface area is 402 Å². The van der Waals surface area contributed by atoms with Gasteiger partial charge in [0.15, 0.2) is 0 Å². The Morgan fingerprint density at radius 3 is 1.64 bits per heavy atom. The van der Waals surface area contributed by atoms with E-state index in [0.717, 1.165) is 5.56 Å². The van der Waals surface area contributed by atoms with E-state index in [4.69, 9.17) is 17.3 Å². The van der Waals surface area contributed by atoms with Gasteiger partial charge in [0.05, 0.1) is 19.6 Å². The molecule has 3 rings (SSSR count). The largest absolute Gasteiger partial charge is 0.508 e. The maximum absolute atomic E-state index is 13.7. The molecule has 0 saturated carbocycles. The fraction of sp³-hybridized carbons (Fsp3) is 0.422. The summed E-state index contributed by atoms with van der Waals surface area (Å²) < 4.78 is 0. The van der Waals surface area contributed by atoms with Crippen LogP contribution in [0.1, 0.15) is 42.4 Å². The first-order valence-corrected chi connectivity index (χ1v) is 24.4. The molecule has 0 aliphatic rings. The second-order valence-corrected chi connectivity index (χ2v) is 18.7. The lowest BCUT2D eigenvalue weighted by atomic mass is 10.0. The Morgan fingerprint density at radius 1 is 0.597 bits per heavy atom. The number of primary amides is 1. The molecule has 3 aromatic rings. The van der Waals surface area contributed by atoms with Crippen LogP contribution < -0.4 is 43.0 Å². The van der Waals surface area contributed by atoms with E-state index in [1.165, 1.54) is 45.9 Å². The van der Waals surface area contributed by atoms with Crippen molar-refractivity contribution in [1.29, 1.82) is 0 Å². The zero-order valence-corrected chi connectivity index (χ0v) is 40.0. The first-order valence-electron chi connectivity index (χ1n) is 21.3. The van der Waals surface area contributed by atoms with Crippen LogP contribution in [0.25, 0.3) is 0 Å². The van der Waals surface area contributed by atoms with Crippen molar-refractivity contribution in [3.05, 3.63) is 94.5 Å². The number of amides is 8. The molecule has 0 saturated heterocycles. The zero-order valence-electron chi connectivity index (χ0n) is 37.6. The van der Waals surface area contributed by atoms with Crippen LogP contribution in [0.5, 0.6) is 11.5 Å². The highest BCUT2D eigenvalue weighted by molar-refractivity contribution is 8.76. The van der Waals surface area contributed by atoms with E-state index in [-0.39, 0.29) is 48.8 Å². The van der Waals surface area contributed by atoms with Gasteiger partial charge < -0.3 is 58.1 Å². The summed E-state index contributed by atoms with van der Waals surface area (Å²) in [6.45, 7) is -0.988. The number of carbonyl (C=O) groups is 8. The first kappa shape index (κ1) is 55.3. The Morgan fingerprint density at radius 2 is 1.09 bits per heavy atom. The number of benzene rings is 3. The molecule has 19 nitrogen and oxygen atoms in total. The average Bonchev–Trinajstić information content (AvgIpc) is 3.29. The van der Waals surface area contributed by atoms with Crippen molar-refractivity contribution in [1.82, 2.24) is 42.1 Å². The van der Waals surface area contributed by atoms with Gasteiger partial charge in [0.1, 0.15) is 35.7 Å². The minimum Gasteiger partial charge on any atom is -0.508 e. The number of aryl methyl sites for hydroxylation is 1. The fourth-order valence-electron chi connectivity index (χ4n) is 6.29. The van der Waals surface area contributed by atoms with E-state index in [0.29, 0.717) is 42.0 Å². The summed E-state index contributed by atoms with van der Waals surface area (Å²) in [4.78, 5) is 106. The minimum atomic E-state index is -1.23. The summed E-state index contributed by atoms with van der Waals surface area (Å²) in [6.07, 6.45) is 3.68. The van der Waals surface area contributed by atoms with Gasteiger partial charge in [0.2, 0.25) is 47.3 Å². The lowest BCUT2D eigenvalue weighted by Crippen LogP contribution is -2.56. The van der Waals surface area contributed by atoms with Crippen LogP contribution in [0.4, 0.5) is 0 Å². The van der Waals surface area contributed by atoms with Crippen LogP contribution in [0.2, 0.25) is 5.02 Å². The summed E-state index contributed by atoms with van der Waals surface area (Å²) >= 11 is 5.97. The predicted molar refractivity (Wildman–Crippen MR) is 258 cm³/mol. The fourth-order valence-corrected chi connectivity index (χ4v) is 7.74. The van der Waals surface area contributed by atoms with Gasteiger partial charge in [-0.05, 0) is 106 Å². The van der Waals surface area contributed by atoms with Crippen LogP contribution in [-0.2, 0) is 57.6 Å². The molecule has 8 amide bonds. The van der Waals surface area contributed by atoms with E-state index in [9.17, 15) is 48.6 Å². The molecular weight excluding hydrogens is 926 g/mol. The van der Waals surface area contributed by atoms with Gasteiger partial charge in [0.25, 0.3) is 0 Å². The molecule has 0 aliphatic heterocycles. The number of nitrogens with two attached hydrogens (primary N) is 1. The normalized spacial score (nSPS) is 12.7. The molecule has 4 unspecified atom stereocenters. The van der Waals surface area contributed by atoms with Crippen molar-refractivity contribution in [2.45, 2.75) is 69.1 Å². The van der Waals surface area contributed by atoms with Crippen molar-refractivity contribution in [2.75, 3.05) is 52.3 Å². The third-order valence-corrected chi connectivity index (χ3v) is 12.0. The molecule has 0 heterocycles. The second-order valence-electron chi connectivity index (χ2n) is 15.7. The van der Waals surface area contributed by atoms with Crippen molar-refractivity contribution < 1.29 is 48.6 Å². The van der Waals surface area contributed by atoms with Crippen LogP contribution in [-0.4, -0.2) is 139 Å². The number of hydrogen-bond donors (Lipinski definition) is 10. The van der Waals surface area contributed by atoms with Gasteiger partial charge in [-0.2, -0.15) is 0 Å². The topological polar surface area (TPSA) is 290 Å². The highest BCUT2D eigenvalue weighted by Crippen LogP contribution is 2.19. The molecule has 0 bridgehead atoms. The van der Waals surface area contributed by atoms with Gasteiger partial charge in [-0.1, -0.05) is 69.6 Å². The summed E-state index contributed by atoms with van der Waals surface area (Å²) in [5, 5.41) is 37.8. The number of halogens is 1. The lowest BCUT2D eigenvalue weighted by molar-refractivity contribution is -0.133. The Kier molecular flexibility index (Phi) is 24.4. The minimum absolute atomic E-state index is 0.0108. The zero-order chi connectivity index (χ0) is 49.3. The van der Waals surface area contributed by atoms with Gasteiger partial charge in [0, 0.05) is 30.0 Å². The average molecular weight is 987 g/mol. The molecule has 4 atom stereocenters. The van der Waals surface area contributed by atoms with Crippen LogP contribution in [0, 0.1) is 0 Å². The van der Waals surface area contributed by atoms with Crippen molar-refractivity contribution in [3.8, 4) is 11.5 Å². The predicted octanol–water partition coefficient (Wildman–Crippen LogP) is 0.685. The Balaban J connectivity index is 1.61. The molecule has 67 heavy (non-hydrogen) atoms. The van der Waals surface area contributed by atoms with E-state index in [1.54, 1.807) is 48.5 Å². The molecule has 364 valence electrons. The molecule has 0 aliphatic carbocycles. The number of phenolic OH excluding ortho intramolecular Hbond substituents is 2. The van der Waals surface area contributed by atoms with Gasteiger partial charge in [-0.25, -0.2) is 0 Å². The van der Waals surface area contributed by atoms with E-state index in [1.807, 2.05) is 25.3 Å². The van der Waals surface area contributed by atoms with Crippen molar-refractivity contribution in [3.63, 3.8) is 0 Å². The molecule has 0 spiro atoms. The van der Waals surface area contributed by atoms with E-state index < -0.39 is 85.2 Å². The SMILES string of the molecule is CSSCC(NC(=O)CCc1ccc(Cl)cc1)C(=O)NC(Cc1ccc(O)cc1)C(=O)NCC(=O)NC(CCCCN(C)C)C(=O)NCC(=O)NCC(=O)NC(Cc1ccc(O)cc1)C(N)=O. The number of nitrogens with one attached hydrogen (secondary N) is 7. The number of hydrogen-bond acceptors (Lipinski definition) is 13. The highest BCUT2D eigenvalue weighted by atomic mass is 35.5. The first-order chi connectivity index (χ1) is 31.9. The maximum atomic E-state index is 13.7. The third kappa shape index (κ3) is 22.3. The molecule has 0 radical (unpaired) electrons. The molecule has 11 N–H and O–H groups in total. The Bertz CT molecular complexity index is 2120. The number of unbranched alkanes of at least 4 members (excludes halogenated alkanes) is 1. The lowest BCUT2D eigenvalue weighted by Gasteiger charge is -2.23. The molecule has 0 fully saturated rings. The van der Waals surface area contributed by atoms with Crippen LogP contribution in [0.15, 0.2) is 72.8 Å². The molecular formula is C45H60ClN9O10S2. The van der Waals surface area contributed by atoms with E-state index in [2.05, 4.69) is 37.2 Å².